The van der Waals surface area contributed by atoms with E-state index in [0.717, 1.165) is 17.7 Å². The van der Waals surface area contributed by atoms with Gasteiger partial charge in [0.1, 0.15) is 12.3 Å². The van der Waals surface area contributed by atoms with Crippen molar-refractivity contribution in [2.45, 2.75) is 26.7 Å². The van der Waals surface area contributed by atoms with E-state index in [1.807, 2.05) is 0 Å². The van der Waals surface area contributed by atoms with Crippen LogP contribution in [0.5, 0.6) is 5.75 Å². The predicted molar refractivity (Wildman–Crippen MR) is 80.6 cm³/mol. The van der Waals surface area contributed by atoms with Crippen LogP contribution in [0, 0.1) is 5.92 Å². The van der Waals surface area contributed by atoms with Gasteiger partial charge in [0.25, 0.3) is 0 Å². The molecule has 0 aliphatic heterocycles. The molecule has 2 amide bonds. The summed E-state index contributed by atoms with van der Waals surface area (Å²) in [5.74, 6) is -0.471. The summed E-state index contributed by atoms with van der Waals surface area (Å²) in [5.41, 5.74) is 0.427. The SMILES string of the molecule is CC(C)CCCNC(=O)N(CC(=O)O)c1ccc(O)cc1. The number of aromatic hydroxyl groups is 1. The van der Waals surface area contributed by atoms with E-state index in [2.05, 4.69) is 19.2 Å². The standard InChI is InChI=1S/C15H22N2O4/c1-11(2)4-3-9-16-15(21)17(10-14(19)20)12-5-7-13(18)8-6-12/h5-8,11,18H,3-4,9-10H2,1-2H3,(H,16,21)(H,19,20). The number of hydrogen-bond donors (Lipinski definition) is 3. The van der Waals surface area contributed by atoms with Crippen LogP contribution in [0.15, 0.2) is 24.3 Å². The molecule has 0 spiro atoms. The van der Waals surface area contributed by atoms with Gasteiger partial charge in [-0.15, -0.1) is 0 Å². The summed E-state index contributed by atoms with van der Waals surface area (Å²) >= 11 is 0. The highest BCUT2D eigenvalue weighted by Crippen LogP contribution is 2.18. The van der Waals surface area contributed by atoms with Gasteiger partial charge in [-0.25, -0.2) is 4.79 Å². The third kappa shape index (κ3) is 6.16. The van der Waals surface area contributed by atoms with Crippen molar-refractivity contribution in [1.82, 2.24) is 5.32 Å². The van der Waals surface area contributed by atoms with Gasteiger partial charge in [-0.2, -0.15) is 0 Å². The molecule has 0 bridgehead atoms. The molecular weight excluding hydrogens is 272 g/mol. The highest BCUT2D eigenvalue weighted by Gasteiger charge is 2.18. The highest BCUT2D eigenvalue weighted by molar-refractivity contribution is 5.96. The number of urea groups is 1. The van der Waals surface area contributed by atoms with Crippen molar-refractivity contribution in [3.63, 3.8) is 0 Å². The summed E-state index contributed by atoms with van der Waals surface area (Å²) in [4.78, 5) is 24.1. The minimum absolute atomic E-state index is 0.0615. The van der Waals surface area contributed by atoms with Crippen LogP contribution < -0.4 is 10.2 Å². The van der Waals surface area contributed by atoms with E-state index in [1.54, 1.807) is 0 Å². The van der Waals surface area contributed by atoms with Crippen LogP contribution in [0.4, 0.5) is 10.5 Å². The number of nitrogens with one attached hydrogen (secondary N) is 1. The molecule has 6 nitrogen and oxygen atoms in total. The Hall–Kier alpha value is -2.24. The van der Waals surface area contributed by atoms with Crippen LogP contribution >= 0.6 is 0 Å². The van der Waals surface area contributed by atoms with E-state index in [4.69, 9.17) is 5.11 Å². The second kappa shape index (κ2) is 8.14. The van der Waals surface area contributed by atoms with Crippen LogP contribution in [0.1, 0.15) is 26.7 Å². The zero-order valence-corrected chi connectivity index (χ0v) is 12.4. The minimum Gasteiger partial charge on any atom is -0.508 e. The first-order chi connectivity index (χ1) is 9.90. The van der Waals surface area contributed by atoms with E-state index in [9.17, 15) is 14.7 Å². The van der Waals surface area contributed by atoms with Crippen molar-refractivity contribution in [1.29, 1.82) is 0 Å². The number of phenolic OH excluding ortho intramolecular Hbond substituents is 1. The number of aliphatic carboxylic acids is 1. The first-order valence-corrected chi connectivity index (χ1v) is 6.96. The van der Waals surface area contributed by atoms with Crippen LogP contribution in [0.3, 0.4) is 0 Å². The molecule has 0 saturated heterocycles. The first kappa shape index (κ1) is 16.8. The van der Waals surface area contributed by atoms with Gasteiger partial charge in [-0.1, -0.05) is 13.8 Å². The lowest BCUT2D eigenvalue weighted by molar-refractivity contribution is -0.135. The fourth-order valence-corrected chi connectivity index (χ4v) is 1.85. The number of benzene rings is 1. The van der Waals surface area contributed by atoms with E-state index in [0.29, 0.717) is 18.2 Å². The van der Waals surface area contributed by atoms with Crippen molar-refractivity contribution < 1.29 is 19.8 Å². The lowest BCUT2D eigenvalue weighted by atomic mass is 10.1. The number of anilines is 1. The van der Waals surface area contributed by atoms with Crippen LogP contribution in [-0.4, -0.2) is 35.3 Å². The van der Waals surface area contributed by atoms with E-state index in [-0.39, 0.29) is 5.75 Å². The predicted octanol–water partition coefficient (Wildman–Crippen LogP) is 2.43. The summed E-state index contributed by atoms with van der Waals surface area (Å²) in [6, 6.07) is 5.39. The molecule has 0 aromatic heterocycles. The number of phenols is 1. The number of nitrogens with zero attached hydrogens (tertiary/aromatic N) is 1. The van der Waals surface area contributed by atoms with Gasteiger partial charge in [-0.05, 0) is 43.0 Å². The molecule has 116 valence electrons. The molecule has 0 aliphatic rings. The zero-order valence-electron chi connectivity index (χ0n) is 12.4. The van der Waals surface area contributed by atoms with Crippen LogP contribution in [-0.2, 0) is 4.79 Å². The Bertz CT molecular complexity index is 471. The molecule has 1 rings (SSSR count). The number of carbonyl (C=O) groups excluding carboxylic acids is 1. The Morgan fingerprint density at radius 3 is 2.38 bits per heavy atom. The Morgan fingerprint density at radius 2 is 1.86 bits per heavy atom. The molecule has 0 fully saturated rings. The summed E-state index contributed by atoms with van der Waals surface area (Å²) < 4.78 is 0. The van der Waals surface area contributed by atoms with Gasteiger partial charge in [0.05, 0.1) is 0 Å². The van der Waals surface area contributed by atoms with Crippen molar-refractivity contribution >= 4 is 17.7 Å². The van der Waals surface area contributed by atoms with Gasteiger partial charge in [-0.3, -0.25) is 9.69 Å². The summed E-state index contributed by atoms with van der Waals surface area (Å²) in [6.45, 7) is 4.29. The summed E-state index contributed by atoms with van der Waals surface area (Å²) in [7, 11) is 0. The minimum atomic E-state index is -1.10. The number of carbonyl (C=O) groups is 2. The number of carboxylic acids is 1. The molecule has 0 heterocycles. The fraction of sp³-hybridized carbons (Fsp3) is 0.467. The molecule has 0 aliphatic carbocycles. The van der Waals surface area contributed by atoms with Gasteiger partial charge >= 0.3 is 12.0 Å². The van der Waals surface area contributed by atoms with E-state index in [1.165, 1.54) is 24.3 Å². The van der Waals surface area contributed by atoms with Gasteiger partial charge in [0.2, 0.25) is 0 Å². The maximum absolute atomic E-state index is 12.1. The molecule has 0 radical (unpaired) electrons. The van der Waals surface area contributed by atoms with Gasteiger partial charge < -0.3 is 15.5 Å². The Morgan fingerprint density at radius 1 is 1.24 bits per heavy atom. The maximum Gasteiger partial charge on any atom is 0.323 e. The Balaban J connectivity index is 2.66. The number of hydrogen-bond acceptors (Lipinski definition) is 3. The second-order valence-electron chi connectivity index (χ2n) is 5.26. The largest absolute Gasteiger partial charge is 0.508 e. The maximum atomic E-state index is 12.1. The van der Waals surface area contributed by atoms with Crippen LogP contribution in [0.25, 0.3) is 0 Å². The van der Waals surface area contributed by atoms with E-state index < -0.39 is 18.5 Å². The lowest BCUT2D eigenvalue weighted by Crippen LogP contribution is -2.43. The molecule has 0 unspecified atom stereocenters. The monoisotopic (exact) mass is 294 g/mol. The number of carboxylic acid groups (broad SMARTS) is 1. The molecular formula is C15H22N2O4. The molecule has 21 heavy (non-hydrogen) atoms. The van der Waals surface area contributed by atoms with Crippen molar-refractivity contribution in [2.24, 2.45) is 5.92 Å². The average molecular weight is 294 g/mol. The summed E-state index contributed by atoms with van der Waals surface area (Å²) in [6.07, 6.45) is 1.85. The number of amides is 2. The summed E-state index contributed by atoms with van der Waals surface area (Å²) in [5, 5.41) is 20.9. The van der Waals surface area contributed by atoms with Crippen LogP contribution in [0.2, 0.25) is 0 Å². The molecule has 6 heteroatoms. The second-order valence-corrected chi connectivity index (χ2v) is 5.26. The molecule has 1 aromatic carbocycles. The third-order valence-electron chi connectivity index (χ3n) is 2.93. The van der Waals surface area contributed by atoms with Crippen molar-refractivity contribution in [3.05, 3.63) is 24.3 Å². The highest BCUT2D eigenvalue weighted by atomic mass is 16.4. The van der Waals surface area contributed by atoms with Gasteiger partial charge in [0.15, 0.2) is 0 Å². The Kier molecular flexibility index (Phi) is 6.52. The smallest absolute Gasteiger partial charge is 0.323 e. The first-order valence-electron chi connectivity index (χ1n) is 6.96. The van der Waals surface area contributed by atoms with Crippen molar-refractivity contribution in [3.8, 4) is 5.75 Å². The van der Waals surface area contributed by atoms with Crippen molar-refractivity contribution in [2.75, 3.05) is 18.0 Å². The van der Waals surface area contributed by atoms with Gasteiger partial charge in [0, 0.05) is 12.2 Å². The third-order valence-corrected chi connectivity index (χ3v) is 2.93. The lowest BCUT2D eigenvalue weighted by Gasteiger charge is -2.21. The molecule has 3 N–H and O–H groups in total. The van der Waals surface area contributed by atoms with E-state index >= 15 is 0 Å². The quantitative estimate of drug-likeness (QED) is 0.674. The average Bonchev–Trinajstić information content (AvgIpc) is 2.41. The molecule has 0 atom stereocenters. The molecule has 0 saturated carbocycles. The molecule has 1 aromatic rings. The number of rotatable bonds is 7. The Labute approximate surface area is 124 Å². The zero-order chi connectivity index (χ0) is 15.8. The topological polar surface area (TPSA) is 89.9 Å². The fourth-order valence-electron chi connectivity index (χ4n) is 1.85. The normalized spacial score (nSPS) is 10.4.